The molecule has 0 aliphatic carbocycles. The van der Waals surface area contributed by atoms with Crippen molar-refractivity contribution in [3.8, 4) is 0 Å². The number of hydrazine groups is 1. The van der Waals surface area contributed by atoms with Crippen LogP contribution in [0.15, 0.2) is 18.2 Å². The van der Waals surface area contributed by atoms with Gasteiger partial charge in [-0.05, 0) is 30.2 Å². The number of carbonyl (C=O) groups excluding carboxylic acids is 1. The summed E-state index contributed by atoms with van der Waals surface area (Å²) in [5, 5.41) is 8.95. The molecule has 1 amide bonds. The summed E-state index contributed by atoms with van der Waals surface area (Å²) in [7, 11) is 0. The lowest BCUT2D eigenvalue weighted by atomic mass is 10.0. The minimum atomic E-state index is -0.288. The molecule has 1 aromatic carbocycles. The van der Waals surface area contributed by atoms with Gasteiger partial charge >= 0.3 is 0 Å². The van der Waals surface area contributed by atoms with Crippen LogP contribution in [-0.4, -0.2) is 16.1 Å². The molecule has 2 heterocycles. The Hall–Kier alpha value is -2.06. The van der Waals surface area contributed by atoms with Crippen LogP contribution in [0.4, 0.5) is 15.2 Å². The molecule has 0 unspecified atom stereocenters. The summed E-state index contributed by atoms with van der Waals surface area (Å²) in [6.45, 7) is 0.316. The zero-order valence-electron chi connectivity index (χ0n) is 10.5. The van der Waals surface area contributed by atoms with Crippen molar-refractivity contribution >= 4 is 28.1 Å². The fraction of sp³-hybridized carbons (Fsp3) is 0.250. The van der Waals surface area contributed by atoms with Gasteiger partial charge in [0.15, 0.2) is 0 Å². The Morgan fingerprint density at radius 3 is 3.00 bits per heavy atom. The number of anilines is 2. The molecule has 1 aromatic heterocycles. The monoisotopic (exact) mass is 293 g/mol. The fourth-order valence-corrected chi connectivity index (χ4v) is 2.85. The minimum absolute atomic E-state index is 0.00145. The van der Waals surface area contributed by atoms with Crippen LogP contribution in [0.25, 0.3) is 0 Å². The highest BCUT2D eigenvalue weighted by molar-refractivity contribution is 7.15. The van der Waals surface area contributed by atoms with Gasteiger partial charge in [-0.15, -0.1) is 10.2 Å². The van der Waals surface area contributed by atoms with Crippen molar-refractivity contribution in [2.75, 3.05) is 10.3 Å². The summed E-state index contributed by atoms with van der Waals surface area (Å²) in [5.41, 5.74) is 3.99. The number of rotatable bonds is 3. The lowest BCUT2D eigenvalue weighted by Crippen LogP contribution is -2.34. The molecule has 0 bridgehead atoms. The normalized spacial score (nSPS) is 14.3. The molecular weight excluding hydrogens is 281 g/mol. The smallest absolute Gasteiger partial charge is 0.227 e. The number of nitrogens with zero attached hydrogens (tertiary/aromatic N) is 3. The molecule has 0 saturated heterocycles. The topological polar surface area (TPSA) is 84.1 Å². The van der Waals surface area contributed by atoms with E-state index in [4.69, 9.17) is 5.84 Å². The Balaban J connectivity index is 1.90. The number of fused-ring (bicyclic) bond motifs is 1. The molecule has 0 fully saturated rings. The molecule has 3 N–H and O–H groups in total. The SMILES string of the molecule is NNc1nnc(CN2C(=O)CCc3cc(F)ccc32)s1. The van der Waals surface area contributed by atoms with E-state index in [1.807, 2.05) is 0 Å². The van der Waals surface area contributed by atoms with Crippen LogP contribution in [-0.2, 0) is 17.8 Å². The van der Waals surface area contributed by atoms with Gasteiger partial charge in [0.1, 0.15) is 10.8 Å². The molecule has 1 aliphatic rings. The lowest BCUT2D eigenvalue weighted by molar-refractivity contribution is -0.119. The first-order valence-electron chi connectivity index (χ1n) is 6.05. The number of halogens is 1. The van der Waals surface area contributed by atoms with Crippen molar-refractivity contribution in [3.63, 3.8) is 0 Å². The summed E-state index contributed by atoms with van der Waals surface area (Å²) < 4.78 is 13.2. The highest BCUT2D eigenvalue weighted by atomic mass is 32.1. The number of carbonyl (C=O) groups is 1. The molecule has 1 aliphatic heterocycles. The molecule has 0 atom stereocenters. The van der Waals surface area contributed by atoms with Crippen molar-refractivity contribution in [1.29, 1.82) is 0 Å². The molecule has 20 heavy (non-hydrogen) atoms. The standard InChI is InChI=1S/C12H12FN5OS/c13-8-2-3-9-7(5-8)1-4-11(19)18(9)6-10-16-17-12(15-14)20-10/h2-3,5H,1,4,6,14H2,(H,15,17). The van der Waals surface area contributed by atoms with Gasteiger partial charge in [0, 0.05) is 12.1 Å². The first kappa shape index (κ1) is 12.9. The zero-order chi connectivity index (χ0) is 14.1. The highest BCUT2D eigenvalue weighted by Crippen LogP contribution is 2.30. The predicted octanol–water partition coefficient (Wildman–Crippen LogP) is 1.44. The molecule has 0 radical (unpaired) electrons. The molecule has 104 valence electrons. The minimum Gasteiger partial charge on any atom is -0.305 e. The molecule has 8 heteroatoms. The van der Waals surface area contributed by atoms with Crippen LogP contribution < -0.4 is 16.2 Å². The van der Waals surface area contributed by atoms with E-state index in [0.29, 0.717) is 29.5 Å². The van der Waals surface area contributed by atoms with E-state index in [0.717, 1.165) is 11.3 Å². The number of hydrogen-bond donors (Lipinski definition) is 2. The van der Waals surface area contributed by atoms with Crippen molar-refractivity contribution < 1.29 is 9.18 Å². The van der Waals surface area contributed by atoms with Gasteiger partial charge in [-0.25, -0.2) is 10.2 Å². The Morgan fingerprint density at radius 1 is 1.40 bits per heavy atom. The first-order valence-corrected chi connectivity index (χ1v) is 6.87. The molecule has 6 nitrogen and oxygen atoms in total. The summed E-state index contributed by atoms with van der Waals surface area (Å²) in [5.74, 6) is 4.97. The van der Waals surface area contributed by atoms with Gasteiger partial charge in [0.2, 0.25) is 11.0 Å². The number of aromatic nitrogens is 2. The molecule has 0 spiro atoms. The first-order chi connectivity index (χ1) is 9.67. The van der Waals surface area contributed by atoms with E-state index < -0.39 is 0 Å². The van der Waals surface area contributed by atoms with Crippen LogP contribution in [0.3, 0.4) is 0 Å². The average molecular weight is 293 g/mol. The van der Waals surface area contributed by atoms with Crippen LogP contribution >= 0.6 is 11.3 Å². The van der Waals surface area contributed by atoms with E-state index in [1.54, 1.807) is 11.0 Å². The second kappa shape index (κ2) is 5.14. The maximum absolute atomic E-state index is 13.2. The van der Waals surface area contributed by atoms with Crippen molar-refractivity contribution in [2.45, 2.75) is 19.4 Å². The second-order valence-corrected chi connectivity index (χ2v) is 5.46. The highest BCUT2D eigenvalue weighted by Gasteiger charge is 2.25. The van der Waals surface area contributed by atoms with E-state index >= 15 is 0 Å². The Kier molecular flexibility index (Phi) is 3.33. The Morgan fingerprint density at radius 2 is 2.25 bits per heavy atom. The van der Waals surface area contributed by atoms with Crippen LogP contribution in [0.2, 0.25) is 0 Å². The number of amides is 1. The molecule has 2 aromatic rings. The largest absolute Gasteiger partial charge is 0.305 e. The molecule has 0 saturated carbocycles. The van der Waals surface area contributed by atoms with Crippen molar-refractivity contribution in [1.82, 2.24) is 10.2 Å². The van der Waals surface area contributed by atoms with Gasteiger partial charge < -0.3 is 4.90 Å². The van der Waals surface area contributed by atoms with E-state index in [1.165, 1.54) is 23.5 Å². The van der Waals surface area contributed by atoms with Gasteiger partial charge in [-0.2, -0.15) is 0 Å². The Labute approximate surface area is 118 Å². The number of nitrogens with two attached hydrogens (primary N) is 1. The molecular formula is C12H12FN5OS. The van der Waals surface area contributed by atoms with E-state index in [-0.39, 0.29) is 11.7 Å². The van der Waals surface area contributed by atoms with Crippen LogP contribution in [0, 0.1) is 5.82 Å². The fourth-order valence-electron chi connectivity index (χ4n) is 2.21. The number of benzene rings is 1. The van der Waals surface area contributed by atoms with Gasteiger partial charge in [-0.1, -0.05) is 11.3 Å². The van der Waals surface area contributed by atoms with Crippen molar-refractivity contribution in [2.24, 2.45) is 5.84 Å². The second-order valence-electron chi connectivity index (χ2n) is 4.40. The van der Waals surface area contributed by atoms with E-state index in [9.17, 15) is 9.18 Å². The third-order valence-corrected chi connectivity index (χ3v) is 3.96. The number of nitrogens with one attached hydrogen (secondary N) is 1. The summed E-state index contributed by atoms with van der Waals surface area (Å²) in [6, 6.07) is 4.46. The summed E-state index contributed by atoms with van der Waals surface area (Å²) in [6.07, 6.45) is 0.936. The van der Waals surface area contributed by atoms with Gasteiger partial charge in [0.25, 0.3) is 0 Å². The van der Waals surface area contributed by atoms with Crippen molar-refractivity contribution in [3.05, 3.63) is 34.6 Å². The maximum Gasteiger partial charge on any atom is 0.227 e. The third-order valence-electron chi connectivity index (χ3n) is 3.13. The van der Waals surface area contributed by atoms with Crippen LogP contribution in [0.5, 0.6) is 0 Å². The molecule has 3 rings (SSSR count). The third kappa shape index (κ3) is 2.35. The number of aryl methyl sites for hydroxylation is 1. The van der Waals surface area contributed by atoms with Gasteiger partial charge in [-0.3, -0.25) is 10.2 Å². The van der Waals surface area contributed by atoms with Crippen LogP contribution in [0.1, 0.15) is 17.0 Å². The summed E-state index contributed by atoms with van der Waals surface area (Å²) in [4.78, 5) is 13.7. The average Bonchev–Trinajstić information content (AvgIpc) is 2.90. The predicted molar refractivity (Wildman–Crippen MR) is 73.6 cm³/mol. The Bertz CT molecular complexity index is 659. The number of nitrogen functional groups attached to an aromatic ring is 1. The quantitative estimate of drug-likeness (QED) is 0.661. The van der Waals surface area contributed by atoms with E-state index in [2.05, 4.69) is 15.6 Å². The lowest BCUT2D eigenvalue weighted by Gasteiger charge is -2.28. The van der Waals surface area contributed by atoms with Gasteiger partial charge in [0.05, 0.1) is 6.54 Å². The zero-order valence-corrected chi connectivity index (χ0v) is 11.3. The summed E-state index contributed by atoms with van der Waals surface area (Å²) >= 11 is 1.28. The maximum atomic E-state index is 13.2. The number of hydrogen-bond acceptors (Lipinski definition) is 6.